The standard InChI is InChI=1S/C27H42N6O5/c1-7-31(8-2)20-10-11-22-21(18-20)24(30-29-22)28-23(34)14-17-33(26(36)38-27(4,5)6)19-12-15-32(16-13-19)25(35)37-9-3/h10-11,18-19H,7-9,12-17H2,1-6H3,(H2,28,29,30,34). The predicted octanol–water partition coefficient (Wildman–Crippen LogP) is 4.60. The number of fused-ring (bicyclic) bond motifs is 1. The zero-order valence-electron chi connectivity index (χ0n) is 23.5. The van der Waals surface area contributed by atoms with Crippen molar-refractivity contribution in [3.63, 3.8) is 0 Å². The van der Waals surface area contributed by atoms with Crippen LogP contribution in [0.4, 0.5) is 21.1 Å². The van der Waals surface area contributed by atoms with Crippen molar-refractivity contribution in [1.82, 2.24) is 20.0 Å². The van der Waals surface area contributed by atoms with Crippen molar-refractivity contribution in [1.29, 1.82) is 0 Å². The van der Waals surface area contributed by atoms with Crippen LogP contribution in [-0.4, -0.2) is 89.1 Å². The van der Waals surface area contributed by atoms with E-state index in [4.69, 9.17) is 9.47 Å². The van der Waals surface area contributed by atoms with Crippen LogP contribution in [0, 0.1) is 0 Å². The van der Waals surface area contributed by atoms with E-state index in [0.29, 0.717) is 38.4 Å². The molecule has 0 atom stereocenters. The van der Waals surface area contributed by atoms with Crippen molar-refractivity contribution < 1.29 is 23.9 Å². The Labute approximate surface area is 224 Å². The fourth-order valence-corrected chi connectivity index (χ4v) is 4.62. The lowest BCUT2D eigenvalue weighted by molar-refractivity contribution is -0.116. The SMILES string of the molecule is CCOC(=O)N1CCC(N(CCC(=O)Nc2n[nH]c3ccc(N(CC)CC)cc23)C(=O)OC(C)(C)C)CC1. The van der Waals surface area contributed by atoms with Gasteiger partial charge in [-0.2, -0.15) is 5.10 Å². The number of nitrogens with one attached hydrogen (secondary N) is 2. The van der Waals surface area contributed by atoms with E-state index in [-0.39, 0.29) is 31.0 Å². The number of anilines is 2. The molecule has 0 saturated carbocycles. The number of likely N-dealkylation sites (tertiary alicyclic amines) is 1. The molecule has 1 aliphatic heterocycles. The van der Waals surface area contributed by atoms with Crippen LogP contribution in [0.3, 0.4) is 0 Å². The van der Waals surface area contributed by atoms with Crippen molar-refractivity contribution >= 4 is 40.5 Å². The molecule has 3 rings (SSSR count). The Morgan fingerprint density at radius 2 is 1.82 bits per heavy atom. The first kappa shape index (κ1) is 29.1. The number of H-pyrrole nitrogens is 1. The van der Waals surface area contributed by atoms with Gasteiger partial charge >= 0.3 is 12.2 Å². The molecule has 1 saturated heterocycles. The van der Waals surface area contributed by atoms with Crippen LogP contribution in [0.5, 0.6) is 0 Å². The molecule has 0 radical (unpaired) electrons. The summed E-state index contributed by atoms with van der Waals surface area (Å²) in [6.07, 6.45) is 0.440. The molecule has 3 amide bonds. The molecule has 38 heavy (non-hydrogen) atoms. The molecule has 2 N–H and O–H groups in total. The van der Waals surface area contributed by atoms with Gasteiger partial charge in [-0.1, -0.05) is 0 Å². The van der Waals surface area contributed by atoms with Crippen LogP contribution >= 0.6 is 0 Å². The average molecular weight is 531 g/mol. The van der Waals surface area contributed by atoms with E-state index in [1.807, 2.05) is 39.0 Å². The number of aromatic nitrogens is 2. The minimum Gasteiger partial charge on any atom is -0.450 e. The number of hydrogen-bond donors (Lipinski definition) is 2. The minimum absolute atomic E-state index is 0.0847. The van der Waals surface area contributed by atoms with Gasteiger partial charge in [-0.05, 0) is 72.6 Å². The number of amides is 3. The summed E-state index contributed by atoms with van der Waals surface area (Å²) in [5, 5.41) is 11.0. The van der Waals surface area contributed by atoms with E-state index in [1.54, 1.807) is 16.7 Å². The van der Waals surface area contributed by atoms with Gasteiger partial charge < -0.3 is 29.5 Å². The predicted molar refractivity (Wildman–Crippen MR) is 147 cm³/mol. The molecule has 1 aromatic heterocycles. The summed E-state index contributed by atoms with van der Waals surface area (Å²) in [6, 6.07) is 5.86. The number of carbonyl (C=O) groups is 3. The van der Waals surface area contributed by atoms with Gasteiger partial charge in [0, 0.05) is 56.3 Å². The third-order valence-corrected chi connectivity index (χ3v) is 6.57. The Morgan fingerprint density at radius 1 is 1.13 bits per heavy atom. The highest BCUT2D eigenvalue weighted by molar-refractivity contribution is 6.00. The molecule has 0 unspecified atom stereocenters. The van der Waals surface area contributed by atoms with Crippen LogP contribution in [0.25, 0.3) is 10.9 Å². The molecular formula is C27H42N6O5. The number of rotatable bonds is 9. The molecule has 11 nitrogen and oxygen atoms in total. The summed E-state index contributed by atoms with van der Waals surface area (Å²) in [5.74, 6) is 0.217. The second-order valence-corrected chi connectivity index (χ2v) is 10.4. The van der Waals surface area contributed by atoms with Gasteiger partial charge in [-0.25, -0.2) is 9.59 Å². The molecule has 1 aromatic carbocycles. The maximum absolute atomic E-state index is 13.1. The fourth-order valence-electron chi connectivity index (χ4n) is 4.62. The molecule has 0 aliphatic carbocycles. The zero-order chi connectivity index (χ0) is 27.9. The highest BCUT2D eigenvalue weighted by Gasteiger charge is 2.33. The first-order valence-corrected chi connectivity index (χ1v) is 13.5. The Hall–Kier alpha value is -3.50. The van der Waals surface area contributed by atoms with Crippen molar-refractivity contribution in [2.24, 2.45) is 0 Å². The van der Waals surface area contributed by atoms with Crippen molar-refractivity contribution in [2.45, 2.75) is 72.4 Å². The van der Waals surface area contributed by atoms with Crippen LogP contribution in [0.1, 0.15) is 60.8 Å². The molecule has 1 fully saturated rings. The summed E-state index contributed by atoms with van der Waals surface area (Å²) >= 11 is 0. The third-order valence-electron chi connectivity index (χ3n) is 6.57. The number of ether oxygens (including phenoxy) is 2. The molecule has 2 heterocycles. The number of hydrogen-bond acceptors (Lipinski definition) is 7. The largest absolute Gasteiger partial charge is 0.450 e. The molecular weight excluding hydrogens is 488 g/mol. The van der Waals surface area contributed by atoms with E-state index < -0.39 is 11.7 Å². The highest BCUT2D eigenvalue weighted by atomic mass is 16.6. The van der Waals surface area contributed by atoms with Gasteiger partial charge in [0.15, 0.2) is 5.82 Å². The maximum Gasteiger partial charge on any atom is 0.410 e. The molecule has 0 bridgehead atoms. The lowest BCUT2D eigenvalue weighted by atomic mass is 10.0. The maximum atomic E-state index is 13.1. The lowest BCUT2D eigenvalue weighted by Crippen LogP contribution is -2.50. The topological polar surface area (TPSA) is 120 Å². The van der Waals surface area contributed by atoms with Gasteiger partial charge in [0.1, 0.15) is 5.60 Å². The third kappa shape index (κ3) is 7.52. The summed E-state index contributed by atoms with van der Waals surface area (Å²) in [5.41, 5.74) is 1.23. The van der Waals surface area contributed by atoms with Crippen LogP contribution in [0.2, 0.25) is 0 Å². The van der Waals surface area contributed by atoms with Gasteiger partial charge in [-0.3, -0.25) is 9.89 Å². The van der Waals surface area contributed by atoms with E-state index in [2.05, 4.69) is 34.3 Å². The van der Waals surface area contributed by atoms with E-state index >= 15 is 0 Å². The first-order chi connectivity index (χ1) is 18.1. The first-order valence-electron chi connectivity index (χ1n) is 13.5. The van der Waals surface area contributed by atoms with Gasteiger partial charge in [-0.15, -0.1) is 0 Å². The summed E-state index contributed by atoms with van der Waals surface area (Å²) in [6.45, 7) is 14.6. The summed E-state index contributed by atoms with van der Waals surface area (Å²) in [4.78, 5) is 43.6. The highest BCUT2D eigenvalue weighted by Crippen LogP contribution is 2.27. The smallest absolute Gasteiger partial charge is 0.410 e. The van der Waals surface area contributed by atoms with Crippen molar-refractivity contribution in [3.05, 3.63) is 18.2 Å². The van der Waals surface area contributed by atoms with E-state index in [9.17, 15) is 14.4 Å². The number of nitrogens with zero attached hydrogens (tertiary/aromatic N) is 4. The molecule has 11 heteroatoms. The van der Waals surface area contributed by atoms with Gasteiger partial charge in [0.25, 0.3) is 0 Å². The Balaban J connectivity index is 1.67. The average Bonchev–Trinajstić information content (AvgIpc) is 3.26. The van der Waals surface area contributed by atoms with Crippen LogP contribution in [0.15, 0.2) is 18.2 Å². The quantitative estimate of drug-likeness (QED) is 0.486. The van der Waals surface area contributed by atoms with Gasteiger partial charge in [0.05, 0.1) is 12.1 Å². The van der Waals surface area contributed by atoms with Crippen LogP contribution in [-0.2, 0) is 14.3 Å². The zero-order valence-corrected chi connectivity index (χ0v) is 23.5. The van der Waals surface area contributed by atoms with Crippen molar-refractivity contribution in [3.8, 4) is 0 Å². The fraction of sp³-hybridized carbons (Fsp3) is 0.630. The number of aromatic amines is 1. The summed E-state index contributed by atoms with van der Waals surface area (Å²) < 4.78 is 10.7. The minimum atomic E-state index is -0.667. The van der Waals surface area contributed by atoms with Crippen molar-refractivity contribution in [2.75, 3.05) is 49.5 Å². The summed E-state index contributed by atoms with van der Waals surface area (Å²) in [7, 11) is 0. The Kier molecular flexibility index (Phi) is 9.82. The van der Waals surface area contributed by atoms with Gasteiger partial charge in [0.2, 0.25) is 5.91 Å². The normalized spacial score (nSPS) is 14.3. The number of benzene rings is 1. The molecule has 210 valence electrons. The number of piperidine rings is 1. The van der Waals surface area contributed by atoms with Crippen LogP contribution < -0.4 is 10.2 Å². The molecule has 0 spiro atoms. The molecule has 1 aliphatic rings. The Morgan fingerprint density at radius 3 is 2.42 bits per heavy atom. The molecule has 2 aromatic rings. The second kappa shape index (κ2) is 12.8. The Bertz CT molecular complexity index is 1100. The lowest BCUT2D eigenvalue weighted by Gasteiger charge is -2.38. The monoisotopic (exact) mass is 530 g/mol. The van der Waals surface area contributed by atoms with E-state index in [0.717, 1.165) is 29.7 Å². The number of carbonyl (C=O) groups excluding carboxylic acids is 3. The second-order valence-electron chi connectivity index (χ2n) is 10.4. The van der Waals surface area contributed by atoms with E-state index in [1.165, 1.54) is 0 Å².